The van der Waals surface area contributed by atoms with Crippen LogP contribution in [0.4, 0.5) is 4.79 Å². The molecule has 0 radical (unpaired) electrons. The van der Waals surface area contributed by atoms with Gasteiger partial charge in [-0.2, -0.15) is 0 Å². The molecule has 0 aromatic rings. The fraction of sp³-hybridized carbons (Fsp3) is 0.750. The van der Waals surface area contributed by atoms with E-state index in [1.807, 2.05) is 6.92 Å². The summed E-state index contributed by atoms with van der Waals surface area (Å²) >= 11 is 0. The van der Waals surface area contributed by atoms with Crippen LogP contribution in [-0.2, 0) is 9.53 Å². The first-order valence-corrected chi connectivity index (χ1v) is 4.10. The molecular weight excluding hydrogens is 158 g/mol. The van der Waals surface area contributed by atoms with Gasteiger partial charge in [-0.3, -0.25) is 9.69 Å². The number of ether oxygens (including phenoxy) is 1. The predicted molar refractivity (Wildman–Crippen MR) is 42.8 cm³/mol. The maximum Gasteiger partial charge on any atom is 0.410 e. The molecule has 4 nitrogen and oxygen atoms in total. The number of Topliss-reactive ketones (excluding diaryl/α,β-unsaturated/α-hetero) is 1. The average Bonchev–Trinajstić information content (AvgIpc) is 2.30. The van der Waals surface area contributed by atoms with Gasteiger partial charge in [0, 0.05) is 12.5 Å². The van der Waals surface area contributed by atoms with Gasteiger partial charge in [0.15, 0.2) is 5.78 Å². The molecule has 1 saturated heterocycles. The lowest BCUT2D eigenvalue weighted by molar-refractivity contribution is -0.116. The molecule has 0 N–H and O–H groups in total. The molecule has 4 heteroatoms. The van der Waals surface area contributed by atoms with Crippen molar-refractivity contribution in [3.05, 3.63) is 0 Å². The van der Waals surface area contributed by atoms with E-state index in [1.165, 1.54) is 4.90 Å². The maximum absolute atomic E-state index is 11.2. The van der Waals surface area contributed by atoms with Crippen molar-refractivity contribution in [2.24, 2.45) is 0 Å². The highest BCUT2D eigenvalue weighted by atomic mass is 16.6. The first-order chi connectivity index (χ1) is 5.65. The lowest BCUT2D eigenvalue weighted by Gasteiger charge is -2.18. The number of carbonyl (C=O) groups is 2. The van der Waals surface area contributed by atoms with Crippen molar-refractivity contribution >= 4 is 11.9 Å². The molecule has 1 rings (SSSR count). The Bertz CT molecular complexity index is 202. The third-order valence-electron chi connectivity index (χ3n) is 1.90. The Labute approximate surface area is 71.5 Å². The van der Waals surface area contributed by atoms with Gasteiger partial charge in [-0.15, -0.1) is 0 Å². The van der Waals surface area contributed by atoms with E-state index in [1.54, 1.807) is 6.92 Å². The highest BCUT2D eigenvalue weighted by Gasteiger charge is 2.31. The maximum atomic E-state index is 11.2. The highest BCUT2D eigenvalue weighted by molar-refractivity contribution is 5.88. The molecule has 0 spiro atoms. The summed E-state index contributed by atoms with van der Waals surface area (Å²) in [6.45, 7) is 4.17. The number of nitrogens with zero attached hydrogens (tertiary/aromatic N) is 1. The van der Waals surface area contributed by atoms with Crippen molar-refractivity contribution in [2.45, 2.75) is 26.3 Å². The molecule has 0 aromatic heterocycles. The molecule has 0 bridgehead atoms. The van der Waals surface area contributed by atoms with Crippen molar-refractivity contribution < 1.29 is 14.3 Å². The van der Waals surface area contributed by atoms with Crippen molar-refractivity contribution in [1.29, 1.82) is 0 Å². The predicted octanol–water partition coefficient (Wildman–Crippen LogP) is 0.806. The summed E-state index contributed by atoms with van der Waals surface area (Å²) in [6.07, 6.45) is 0.0783. The average molecular weight is 171 g/mol. The van der Waals surface area contributed by atoms with E-state index < -0.39 is 0 Å². The number of likely N-dealkylation sites (tertiary alicyclic amines) is 1. The smallest absolute Gasteiger partial charge is 0.410 e. The zero-order chi connectivity index (χ0) is 9.14. The SMILES string of the molecule is CCOC(=O)N1CC(=O)C[C@@H]1C. The molecular formula is C8H13NO3. The molecule has 1 atom stereocenters. The largest absolute Gasteiger partial charge is 0.450 e. The molecule has 1 aliphatic rings. The van der Waals surface area contributed by atoms with Gasteiger partial charge in [-0.05, 0) is 13.8 Å². The minimum absolute atomic E-state index is 0.00319. The van der Waals surface area contributed by atoms with E-state index in [0.29, 0.717) is 13.0 Å². The quantitative estimate of drug-likeness (QED) is 0.586. The van der Waals surface area contributed by atoms with Crippen molar-refractivity contribution in [3.63, 3.8) is 0 Å². The van der Waals surface area contributed by atoms with Gasteiger partial charge in [0.25, 0.3) is 0 Å². The normalized spacial score (nSPS) is 23.0. The molecule has 68 valence electrons. The minimum Gasteiger partial charge on any atom is -0.450 e. The van der Waals surface area contributed by atoms with Crippen LogP contribution in [0, 0.1) is 0 Å². The number of rotatable bonds is 1. The molecule has 0 aromatic carbocycles. The summed E-state index contributed by atoms with van der Waals surface area (Å²) in [5.41, 5.74) is 0. The second-order valence-corrected chi connectivity index (χ2v) is 2.92. The van der Waals surface area contributed by atoms with E-state index in [9.17, 15) is 9.59 Å². The summed E-state index contributed by atoms with van der Waals surface area (Å²) in [6, 6.07) is -0.00319. The number of amides is 1. The Hall–Kier alpha value is -1.06. The van der Waals surface area contributed by atoms with Crippen LogP contribution < -0.4 is 0 Å². The summed E-state index contributed by atoms with van der Waals surface area (Å²) < 4.78 is 4.78. The fourth-order valence-corrected chi connectivity index (χ4v) is 1.30. The van der Waals surface area contributed by atoms with Crippen LogP contribution in [0.15, 0.2) is 0 Å². The standard InChI is InChI=1S/C8H13NO3/c1-3-12-8(11)9-5-7(10)4-6(9)2/h6H,3-5H2,1-2H3/t6-/m0/s1. The van der Waals surface area contributed by atoms with Crippen molar-refractivity contribution in [3.8, 4) is 0 Å². The second-order valence-electron chi connectivity index (χ2n) is 2.92. The fourth-order valence-electron chi connectivity index (χ4n) is 1.30. The lowest BCUT2D eigenvalue weighted by atomic mass is 10.2. The van der Waals surface area contributed by atoms with Crippen molar-refractivity contribution in [2.75, 3.05) is 13.2 Å². The van der Waals surface area contributed by atoms with Crippen LogP contribution in [0.2, 0.25) is 0 Å². The van der Waals surface area contributed by atoms with Gasteiger partial charge in [0.1, 0.15) is 0 Å². The van der Waals surface area contributed by atoms with Crippen LogP contribution in [0.5, 0.6) is 0 Å². The van der Waals surface area contributed by atoms with E-state index in [-0.39, 0.29) is 24.5 Å². The summed E-state index contributed by atoms with van der Waals surface area (Å²) in [5.74, 6) is 0.107. The molecule has 1 aliphatic heterocycles. The monoisotopic (exact) mass is 171 g/mol. The van der Waals surface area contributed by atoms with Crippen LogP contribution in [-0.4, -0.2) is 36.0 Å². The third kappa shape index (κ3) is 1.75. The van der Waals surface area contributed by atoms with Crippen molar-refractivity contribution in [1.82, 2.24) is 4.90 Å². The second kappa shape index (κ2) is 3.56. The molecule has 0 unspecified atom stereocenters. The third-order valence-corrected chi connectivity index (χ3v) is 1.90. The van der Waals surface area contributed by atoms with Gasteiger partial charge >= 0.3 is 6.09 Å². The van der Waals surface area contributed by atoms with Gasteiger partial charge in [-0.25, -0.2) is 4.79 Å². The van der Waals surface area contributed by atoms with Gasteiger partial charge in [0.2, 0.25) is 0 Å². The lowest BCUT2D eigenvalue weighted by Crippen LogP contribution is -2.34. The molecule has 1 fully saturated rings. The molecule has 0 saturated carbocycles. The van der Waals surface area contributed by atoms with Crippen LogP contribution in [0.25, 0.3) is 0 Å². The topological polar surface area (TPSA) is 46.6 Å². The number of carbonyl (C=O) groups excluding carboxylic acids is 2. The summed E-state index contributed by atoms with van der Waals surface area (Å²) in [7, 11) is 0. The molecule has 1 heterocycles. The molecule has 1 amide bonds. The number of ketones is 1. The summed E-state index contributed by atoms with van der Waals surface area (Å²) in [4.78, 5) is 23.5. The van der Waals surface area contributed by atoms with Crippen LogP contribution in [0.3, 0.4) is 0 Å². The zero-order valence-electron chi connectivity index (χ0n) is 7.37. The minimum atomic E-state index is -0.379. The Morgan fingerprint density at radius 3 is 2.83 bits per heavy atom. The van der Waals surface area contributed by atoms with Gasteiger partial charge < -0.3 is 4.74 Å². The van der Waals surface area contributed by atoms with Crippen LogP contribution >= 0.6 is 0 Å². The van der Waals surface area contributed by atoms with E-state index in [4.69, 9.17) is 4.74 Å². The van der Waals surface area contributed by atoms with E-state index in [0.717, 1.165) is 0 Å². The molecule has 0 aliphatic carbocycles. The van der Waals surface area contributed by atoms with E-state index >= 15 is 0 Å². The Morgan fingerprint density at radius 1 is 1.75 bits per heavy atom. The van der Waals surface area contributed by atoms with Gasteiger partial charge in [-0.1, -0.05) is 0 Å². The summed E-state index contributed by atoms with van der Waals surface area (Å²) in [5, 5.41) is 0. The highest BCUT2D eigenvalue weighted by Crippen LogP contribution is 2.14. The van der Waals surface area contributed by atoms with Gasteiger partial charge in [0.05, 0.1) is 13.2 Å². The first kappa shape index (κ1) is 9.03. The Morgan fingerprint density at radius 2 is 2.42 bits per heavy atom. The Balaban J connectivity index is 2.52. The number of hydrogen-bond donors (Lipinski definition) is 0. The molecule has 12 heavy (non-hydrogen) atoms. The zero-order valence-corrected chi connectivity index (χ0v) is 7.37. The van der Waals surface area contributed by atoms with Crippen LogP contribution in [0.1, 0.15) is 20.3 Å². The number of hydrogen-bond acceptors (Lipinski definition) is 3. The first-order valence-electron chi connectivity index (χ1n) is 4.10. The Kier molecular flexibility index (Phi) is 2.68. The van der Waals surface area contributed by atoms with E-state index in [2.05, 4.69) is 0 Å².